The van der Waals surface area contributed by atoms with Crippen molar-refractivity contribution in [3.05, 3.63) is 93.9 Å². The predicted octanol–water partition coefficient (Wildman–Crippen LogP) is 3.99. The molecule has 0 aromatic heterocycles. The first-order valence-electron chi connectivity index (χ1n) is 9.42. The van der Waals surface area contributed by atoms with Crippen molar-refractivity contribution in [3.8, 4) is 11.1 Å². The smallest absolute Gasteiger partial charge is 0.0681 e. The molecule has 0 unspecified atom stereocenters. The van der Waals surface area contributed by atoms with E-state index in [4.69, 9.17) is 5.11 Å². The van der Waals surface area contributed by atoms with Crippen molar-refractivity contribution in [2.45, 2.75) is 32.3 Å². The van der Waals surface area contributed by atoms with Crippen LogP contribution in [0.3, 0.4) is 0 Å². The number of rotatable bonds is 1. The molecule has 0 radical (unpaired) electrons. The second kappa shape index (κ2) is 7.72. The van der Waals surface area contributed by atoms with E-state index >= 15 is 0 Å². The number of hydrogen-bond donors (Lipinski definition) is 1. The number of hydrogen-bond acceptors (Lipinski definition) is 1. The van der Waals surface area contributed by atoms with Crippen LogP contribution in [0, 0.1) is 0 Å². The Balaban J connectivity index is 0.000000178. The quantitative estimate of drug-likeness (QED) is 0.710. The van der Waals surface area contributed by atoms with E-state index in [2.05, 4.69) is 48.6 Å². The molecule has 0 aliphatic heterocycles. The van der Waals surface area contributed by atoms with Crippen LogP contribution in [0.15, 0.2) is 66.7 Å². The molecule has 1 heteroatoms. The highest BCUT2D eigenvalue weighted by atomic mass is 16.3. The minimum absolute atomic E-state index is 0.140. The van der Waals surface area contributed by atoms with Crippen LogP contribution in [0.1, 0.15) is 29.5 Å². The molecule has 0 bridgehead atoms. The lowest BCUT2D eigenvalue weighted by molar-refractivity contribution is 0.282. The Kier molecular flexibility index (Phi) is 4.99. The van der Waals surface area contributed by atoms with Crippen LogP contribution in [0.2, 0.25) is 0 Å². The molecule has 3 aromatic rings. The monoisotopic (exact) mass is 340 g/mol. The summed E-state index contributed by atoms with van der Waals surface area (Å²) in [5, 5.41) is 11.5. The van der Waals surface area contributed by atoms with Crippen molar-refractivity contribution in [1.29, 1.82) is 0 Å². The van der Waals surface area contributed by atoms with Gasteiger partial charge in [0.15, 0.2) is 0 Å². The summed E-state index contributed by atoms with van der Waals surface area (Å²) < 4.78 is 0. The molecule has 5 rings (SSSR count). The van der Waals surface area contributed by atoms with E-state index in [1.807, 2.05) is 30.3 Å². The van der Waals surface area contributed by atoms with Crippen LogP contribution in [0.25, 0.3) is 23.3 Å². The third-order valence-electron chi connectivity index (χ3n) is 5.24. The first kappa shape index (κ1) is 16.8. The molecule has 0 saturated heterocycles. The zero-order valence-corrected chi connectivity index (χ0v) is 15.0. The topological polar surface area (TPSA) is 20.2 Å². The lowest BCUT2D eigenvalue weighted by Crippen LogP contribution is -2.33. The number of benzene rings is 3. The number of fused-ring (bicyclic) bond motifs is 5. The van der Waals surface area contributed by atoms with Gasteiger partial charge in [-0.15, -0.1) is 0 Å². The molecule has 0 amide bonds. The van der Waals surface area contributed by atoms with Gasteiger partial charge in [0.25, 0.3) is 0 Å². The third-order valence-corrected chi connectivity index (χ3v) is 5.24. The molecule has 2 aliphatic carbocycles. The Morgan fingerprint density at radius 3 is 2.31 bits per heavy atom. The maximum Gasteiger partial charge on any atom is 0.0681 e. The van der Waals surface area contributed by atoms with Crippen LogP contribution >= 0.6 is 0 Å². The second-order valence-electron chi connectivity index (χ2n) is 6.91. The Bertz CT molecular complexity index is 1020. The van der Waals surface area contributed by atoms with Gasteiger partial charge in [0.2, 0.25) is 0 Å². The standard InChI is InChI=1S/C18H16.C7H8O/c1-3-7-15-13(5-1)9-11-18-16-8-4-2-6-14(16)10-12-17(15)18;8-6-7-4-2-1-3-5-7/h1,3,5,7-8,10-12H,2,4,6,9H2;1-5,8H,6H2. The van der Waals surface area contributed by atoms with Gasteiger partial charge in [-0.25, -0.2) is 0 Å². The molecule has 0 saturated carbocycles. The van der Waals surface area contributed by atoms with E-state index in [9.17, 15) is 0 Å². The normalized spacial score (nSPS) is 13.7. The fraction of sp³-hybridized carbons (Fsp3) is 0.200. The predicted molar refractivity (Wildman–Crippen MR) is 109 cm³/mol. The van der Waals surface area contributed by atoms with Crippen LogP contribution in [-0.2, 0) is 19.4 Å². The molecular formula is C25H24O. The van der Waals surface area contributed by atoms with Gasteiger partial charge >= 0.3 is 0 Å². The zero-order valence-electron chi connectivity index (χ0n) is 15.0. The molecule has 2 aliphatic rings. The van der Waals surface area contributed by atoms with Crippen molar-refractivity contribution in [2.75, 3.05) is 0 Å². The van der Waals surface area contributed by atoms with Gasteiger partial charge in [-0.3, -0.25) is 0 Å². The molecule has 0 heterocycles. The van der Waals surface area contributed by atoms with Crippen molar-refractivity contribution in [2.24, 2.45) is 0 Å². The van der Waals surface area contributed by atoms with Gasteiger partial charge in [0, 0.05) is 0 Å². The van der Waals surface area contributed by atoms with E-state index in [-0.39, 0.29) is 6.61 Å². The fourth-order valence-electron chi connectivity index (χ4n) is 3.89. The molecule has 130 valence electrons. The zero-order chi connectivity index (χ0) is 17.8. The largest absolute Gasteiger partial charge is 0.392 e. The Morgan fingerprint density at radius 1 is 0.692 bits per heavy atom. The molecule has 0 fully saturated rings. The van der Waals surface area contributed by atoms with E-state index in [1.54, 1.807) is 0 Å². The van der Waals surface area contributed by atoms with Crippen molar-refractivity contribution >= 4 is 12.2 Å². The fourth-order valence-corrected chi connectivity index (χ4v) is 3.89. The highest BCUT2D eigenvalue weighted by Crippen LogP contribution is 2.24. The highest BCUT2D eigenvalue weighted by molar-refractivity contribution is 5.74. The molecule has 3 aromatic carbocycles. The summed E-state index contributed by atoms with van der Waals surface area (Å²) in [6.45, 7) is 0.140. The summed E-state index contributed by atoms with van der Waals surface area (Å²) >= 11 is 0. The Labute approximate surface area is 155 Å². The summed E-state index contributed by atoms with van der Waals surface area (Å²) in [4.78, 5) is 0. The van der Waals surface area contributed by atoms with Gasteiger partial charge in [0.05, 0.1) is 6.61 Å². The Morgan fingerprint density at radius 2 is 1.50 bits per heavy atom. The van der Waals surface area contributed by atoms with Gasteiger partial charge in [-0.05, 0) is 63.9 Å². The van der Waals surface area contributed by atoms with Crippen LogP contribution in [0.4, 0.5) is 0 Å². The molecule has 0 atom stereocenters. The summed E-state index contributed by atoms with van der Waals surface area (Å²) in [5.41, 5.74) is 6.81. The average Bonchev–Trinajstić information content (AvgIpc) is 2.74. The maximum absolute atomic E-state index is 8.54. The van der Waals surface area contributed by atoms with Crippen LogP contribution in [0.5, 0.6) is 0 Å². The van der Waals surface area contributed by atoms with Crippen LogP contribution in [-0.4, -0.2) is 5.11 Å². The van der Waals surface area contributed by atoms with E-state index in [0.29, 0.717) is 0 Å². The highest BCUT2D eigenvalue weighted by Gasteiger charge is 2.13. The molecule has 0 spiro atoms. The number of aliphatic hydroxyl groups is 1. The van der Waals surface area contributed by atoms with Crippen molar-refractivity contribution < 1.29 is 5.11 Å². The van der Waals surface area contributed by atoms with Crippen LogP contribution < -0.4 is 10.4 Å². The average molecular weight is 340 g/mol. The third kappa shape index (κ3) is 3.36. The molecular weight excluding hydrogens is 316 g/mol. The number of aliphatic hydroxyl groups excluding tert-OH is 1. The first-order valence-corrected chi connectivity index (χ1v) is 9.42. The van der Waals surface area contributed by atoms with Gasteiger partial charge in [-0.1, -0.05) is 78.9 Å². The van der Waals surface area contributed by atoms with E-state index < -0.39 is 0 Å². The van der Waals surface area contributed by atoms with Gasteiger partial charge in [-0.2, -0.15) is 0 Å². The SMILES string of the molecule is C1=c2c(ccc3c2=CCc2ccccc2-3)CCC1.OCc1ccccc1. The van der Waals surface area contributed by atoms with Crippen molar-refractivity contribution in [1.82, 2.24) is 0 Å². The molecule has 1 nitrogen and oxygen atoms in total. The summed E-state index contributed by atoms with van der Waals surface area (Å²) in [7, 11) is 0. The van der Waals surface area contributed by atoms with Crippen molar-refractivity contribution in [3.63, 3.8) is 0 Å². The number of aryl methyl sites for hydroxylation is 1. The summed E-state index contributed by atoms with van der Waals surface area (Å²) in [5.74, 6) is 0. The molecule has 1 N–H and O–H groups in total. The van der Waals surface area contributed by atoms with E-state index in [1.165, 1.54) is 52.0 Å². The second-order valence-corrected chi connectivity index (χ2v) is 6.91. The molecule has 26 heavy (non-hydrogen) atoms. The lowest BCUT2D eigenvalue weighted by Gasteiger charge is -2.17. The lowest BCUT2D eigenvalue weighted by atomic mass is 9.87. The maximum atomic E-state index is 8.54. The van der Waals surface area contributed by atoms with Gasteiger partial charge < -0.3 is 5.11 Å². The summed E-state index contributed by atoms with van der Waals surface area (Å²) in [6, 6.07) is 23.0. The first-order chi connectivity index (χ1) is 12.9. The minimum Gasteiger partial charge on any atom is -0.392 e. The van der Waals surface area contributed by atoms with Gasteiger partial charge in [0.1, 0.15) is 0 Å². The Hall–Kier alpha value is -2.64. The minimum atomic E-state index is 0.140. The van der Waals surface area contributed by atoms with E-state index in [0.717, 1.165) is 12.0 Å². The summed E-state index contributed by atoms with van der Waals surface area (Å²) in [6.07, 6.45) is 9.71.